The first-order chi connectivity index (χ1) is 8.83. The van der Waals surface area contributed by atoms with Crippen molar-refractivity contribution in [1.82, 2.24) is 4.98 Å². The van der Waals surface area contributed by atoms with Crippen molar-refractivity contribution in [3.63, 3.8) is 0 Å². The molecule has 0 aliphatic rings. The van der Waals surface area contributed by atoms with E-state index in [0.29, 0.717) is 0 Å². The number of benzene rings is 2. The topological polar surface area (TPSA) is 12.9 Å². The summed E-state index contributed by atoms with van der Waals surface area (Å²) in [5.41, 5.74) is 1.29. The Labute approximate surface area is 111 Å². The number of rotatable bonds is 2. The van der Waals surface area contributed by atoms with E-state index in [1.807, 2.05) is 18.5 Å². The number of fused-ring (bicyclic) bond motifs is 1. The van der Waals surface area contributed by atoms with Gasteiger partial charge in [-0.3, -0.25) is 4.98 Å². The van der Waals surface area contributed by atoms with Crippen molar-refractivity contribution in [3.05, 3.63) is 66.5 Å². The minimum absolute atomic E-state index is 1.19. The average molecular weight is 251 g/mol. The number of pyridine rings is 1. The Morgan fingerprint density at radius 1 is 0.889 bits per heavy atom. The van der Waals surface area contributed by atoms with Gasteiger partial charge in [-0.1, -0.05) is 53.7 Å². The first-order valence-electron chi connectivity index (χ1n) is 5.90. The molecule has 0 saturated carbocycles. The molecule has 0 N–H and O–H groups in total. The number of hydrogen-bond acceptors (Lipinski definition) is 2. The molecule has 88 valence electrons. The van der Waals surface area contributed by atoms with Crippen LogP contribution in [-0.2, 0) is 0 Å². The second-order valence-electron chi connectivity index (χ2n) is 4.27. The highest BCUT2D eigenvalue weighted by molar-refractivity contribution is 7.99. The van der Waals surface area contributed by atoms with Crippen LogP contribution in [0.2, 0.25) is 0 Å². The van der Waals surface area contributed by atoms with E-state index >= 15 is 0 Å². The van der Waals surface area contributed by atoms with Crippen molar-refractivity contribution < 1.29 is 0 Å². The van der Waals surface area contributed by atoms with Crippen molar-refractivity contribution in [3.8, 4) is 0 Å². The Hall–Kier alpha value is -1.80. The summed E-state index contributed by atoms with van der Waals surface area (Å²) in [4.78, 5) is 6.76. The largest absolute Gasteiger partial charge is 0.263 e. The van der Waals surface area contributed by atoms with Crippen LogP contribution < -0.4 is 0 Å². The van der Waals surface area contributed by atoms with Gasteiger partial charge in [-0.2, -0.15) is 0 Å². The molecule has 0 atom stereocenters. The first kappa shape index (κ1) is 11.3. The van der Waals surface area contributed by atoms with Crippen molar-refractivity contribution in [2.24, 2.45) is 0 Å². The van der Waals surface area contributed by atoms with E-state index in [2.05, 4.69) is 54.4 Å². The molecule has 0 radical (unpaired) electrons. The summed E-state index contributed by atoms with van der Waals surface area (Å²) >= 11 is 1.76. The highest BCUT2D eigenvalue weighted by atomic mass is 32.2. The molecular formula is C16H13NS. The fourth-order valence-corrected chi connectivity index (χ4v) is 2.84. The van der Waals surface area contributed by atoms with Gasteiger partial charge in [0.15, 0.2) is 0 Å². The lowest BCUT2D eigenvalue weighted by Crippen LogP contribution is -1.81. The highest BCUT2D eigenvalue weighted by Crippen LogP contribution is 2.32. The van der Waals surface area contributed by atoms with E-state index < -0.39 is 0 Å². The number of nitrogens with zero attached hydrogens (tertiary/aromatic N) is 1. The molecular weight excluding hydrogens is 238 g/mol. The first-order valence-corrected chi connectivity index (χ1v) is 6.72. The Morgan fingerprint density at radius 3 is 2.50 bits per heavy atom. The molecule has 1 nitrogen and oxygen atoms in total. The van der Waals surface area contributed by atoms with Gasteiger partial charge in [-0.05, 0) is 24.4 Å². The van der Waals surface area contributed by atoms with Crippen molar-refractivity contribution in [2.75, 3.05) is 0 Å². The fraction of sp³-hybridized carbons (Fsp3) is 0.0625. The minimum Gasteiger partial charge on any atom is -0.263 e. The Balaban J connectivity index is 2.02. The molecule has 0 aliphatic heterocycles. The summed E-state index contributed by atoms with van der Waals surface area (Å²) in [6.45, 7) is 2.11. The molecule has 2 heteroatoms. The molecule has 0 spiro atoms. The third-order valence-corrected chi connectivity index (χ3v) is 3.93. The third-order valence-electron chi connectivity index (χ3n) is 2.88. The summed E-state index contributed by atoms with van der Waals surface area (Å²) in [6.07, 6.45) is 3.85. The lowest BCUT2D eigenvalue weighted by atomic mass is 10.2. The van der Waals surface area contributed by atoms with E-state index in [9.17, 15) is 0 Å². The molecule has 0 aliphatic carbocycles. The number of aryl methyl sites for hydroxylation is 1. The van der Waals surface area contributed by atoms with Crippen molar-refractivity contribution >= 4 is 22.5 Å². The maximum absolute atomic E-state index is 4.31. The standard InChI is InChI=1S/C16H13NS/c1-12-6-8-14(9-7-12)18-16-11-17-10-13-4-2-3-5-15(13)16/h2-11H,1H3. The van der Waals surface area contributed by atoms with Crippen LogP contribution >= 0.6 is 11.8 Å². The van der Waals surface area contributed by atoms with Crippen molar-refractivity contribution in [1.29, 1.82) is 0 Å². The van der Waals surface area contributed by atoms with E-state index in [1.54, 1.807) is 11.8 Å². The van der Waals surface area contributed by atoms with Gasteiger partial charge >= 0.3 is 0 Å². The van der Waals surface area contributed by atoms with Crippen LogP contribution in [0.3, 0.4) is 0 Å². The van der Waals surface area contributed by atoms with Gasteiger partial charge in [0, 0.05) is 27.6 Å². The Kier molecular flexibility index (Phi) is 3.03. The van der Waals surface area contributed by atoms with E-state index in [0.717, 1.165) is 0 Å². The van der Waals surface area contributed by atoms with Gasteiger partial charge in [-0.25, -0.2) is 0 Å². The quantitative estimate of drug-likeness (QED) is 0.655. The average Bonchev–Trinajstić information content (AvgIpc) is 2.42. The molecule has 18 heavy (non-hydrogen) atoms. The van der Waals surface area contributed by atoms with Crippen LogP contribution in [0.15, 0.2) is 70.7 Å². The molecule has 2 aromatic carbocycles. The van der Waals surface area contributed by atoms with Gasteiger partial charge in [0.1, 0.15) is 0 Å². The predicted octanol–water partition coefficient (Wildman–Crippen LogP) is 4.69. The highest BCUT2D eigenvalue weighted by Gasteiger charge is 2.03. The molecule has 0 amide bonds. The van der Waals surface area contributed by atoms with Gasteiger partial charge in [0.25, 0.3) is 0 Å². The molecule has 0 fully saturated rings. The Morgan fingerprint density at radius 2 is 1.67 bits per heavy atom. The SMILES string of the molecule is Cc1ccc(Sc2cncc3ccccc23)cc1. The normalized spacial score (nSPS) is 10.7. The smallest absolute Gasteiger partial charge is 0.0414 e. The number of hydrogen-bond donors (Lipinski definition) is 0. The predicted molar refractivity (Wildman–Crippen MR) is 77.0 cm³/mol. The maximum atomic E-state index is 4.31. The van der Waals surface area contributed by atoms with Crippen LogP contribution in [0, 0.1) is 6.92 Å². The van der Waals surface area contributed by atoms with Gasteiger partial charge < -0.3 is 0 Å². The zero-order valence-corrected chi connectivity index (χ0v) is 10.9. The monoisotopic (exact) mass is 251 g/mol. The van der Waals surface area contributed by atoms with E-state index in [4.69, 9.17) is 0 Å². The second-order valence-corrected chi connectivity index (χ2v) is 5.39. The summed E-state index contributed by atoms with van der Waals surface area (Å²) < 4.78 is 0. The zero-order valence-electron chi connectivity index (χ0n) is 10.1. The lowest BCUT2D eigenvalue weighted by molar-refractivity contribution is 1.28. The molecule has 3 rings (SSSR count). The second kappa shape index (κ2) is 4.83. The fourth-order valence-electron chi connectivity index (χ4n) is 1.90. The summed E-state index contributed by atoms with van der Waals surface area (Å²) in [7, 11) is 0. The molecule has 0 unspecified atom stereocenters. The molecule has 1 aromatic heterocycles. The van der Waals surface area contributed by atoms with Crippen LogP contribution in [0.4, 0.5) is 0 Å². The maximum Gasteiger partial charge on any atom is 0.0414 e. The molecule has 1 heterocycles. The molecule has 3 aromatic rings. The van der Waals surface area contributed by atoms with E-state index in [1.165, 1.54) is 26.1 Å². The van der Waals surface area contributed by atoms with Crippen LogP contribution in [0.1, 0.15) is 5.56 Å². The summed E-state index contributed by atoms with van der Waals surface area (Å²) in [6, 6.07) is 17.0. The Bertz CT molecular complexity index is 669. The lowest BCUT2D eigenvalue weighted by Gasteiger charge is -2.05. The van der Waals surface area contributed by atoms with Crippen LogP contribution in [0.25, 0.3) is 10.8 Å². The van der Waals surface area contributed by atoms with Gasteiger partial charge in [0.05, 0.1) is 0 Å². The molecule has 0 saturated heterocycles. The van der Waals surface area contributed by atoms with Crippen molar-refractivity contribution in [2.45, 2.75) is 16.7 Å². The zero-order chi connectivity index (χ0) is 12.4. The summed E-state index contributed by atoms with van der Waals surface area (Å²) in [5, 5.41) is 2.45. The molecule has 0 bridgehead atoms. The van der Waals surface area contributed by atoms with Gasteiger partial charge in [0.2, 0.25) is 0 Å². The summed E-state index contributed by atoms with van der Waals surface area (Å²) in [5.74, 6) is 0. The van der Waals surface area contributed by atoms with E-state index in [-0.39, 0.29) is 0 Å². The third kappa shape index (κ3) is 2.24. The van der Waals surface area contributed by atoms with Crippen LogP contribution in [0.5, 0.6) is 0 Å². The van der Waals surface area contributed by atoms with Crippen LogP contribution in [-0.4, -0.2) is 4.98 Å². The minimum atomic E-state index is 1.19. The number of aromatic nitrogens is 1. The van der Waals surface area contributed by atoms with Gasteiger partial charge in [-0.15, -0.1) is 0 Å².